The number of carbonyl (C=O) groups excluding carboxylic acids is 2. The van der Waals surface area contributed by atoms with E-state index in [-0.39, 0.29) is 17.4 Å². The maximum absolute atomic E-state index is 13.5. The van der Waals surface area contributed by atoms with Gasteiger partial charge in [-0.05, 0) is 43.2 Å². The summed E-state index contributed by atoms with van der Waals surface area (Å²) < 4.78 is 26.7. The van der Waals surface area contributed by atoms with Crippen molar-refractivity contribution in [1.29, 1.82) is 0 Å². The van der Waals surface area contributed by atoms with Crippen LogP contribution in [0.4, 0.5) is 14.6 Å². The summed E-state index contributed by atoms with van der Waals surface area (Å²) in [5, 5.41) is 0.913. The van der Waals surface area contributed by atoms with Crippen LogP contribution in [0.25, 0.3) is 10.9 Å². The highest BCUT2D eigenvalue weighted by atomic mass is 19.2. The molecule has 0 bridgehead atoms. The van der Waals surface area contributed by atoms with E-state index in [1.165, 1.54) is 6.07 Å². The number of hydrogen-bond acceptors (Lipinski definition) is 4. The van der Waals surface area contributed by atoms with Crippen LogP contribution in [-0.4, -0.2) is 65.9 Å². The van der Waals surface area contributed by atoms with Gasteiger partial charge in [0, 0.05) is 50.2 Å². The highest BCUT2D eigenvalue weighted by Gasteiger charge is 2.29. The molecule has 0 radical (unpaired) electrons. The first-order valence-electron chi connectivity index (χ1n) is 11.2. The van der Waals surface area contributed by atoms with E-state index in [1.807, 2.05) is 30.3 Å². The Morgan fingerprint density at radius 2 is 1.42 bits per heavy atom. The molecule has 2 saturated heterocycles. The number of piperazine rings is 1. The number of anilines is 1. The van der Waals surface area contributed by atoms with Crippen LogP contribution in [0.15, 0.2) is 48.5 Å². The lowest BCUT2D eigenvalue weighted by Gasteiger charge is -2.35. The van der Waals surface area contributed by atoms with Crippen LogP contribution in [0.1, 0.15) is 33.6 Å². The predicted molar refractivity (Wildman–Crippen MR) is 121 cm³/mol. The third-order valence-electron chi connectivity index (χ3n) is 6.36. The molecule has 3 heterocycles. The van der Waals surface area contributed by atoms with Gasteiger partial charge in [0.2, 0.25) is 0 Å². The SMILES string of the molecule is O=C(c1ccc(F)c(F)c1)N1CCN(C(=O)c2cc3ccccc3nc2N2CCCC2)CC1. The molecule has 0 aliphatic carbocycles. The number of halogens is 2. The second kappa shape index (κ2) is 8.77. The third-order valence-corrected chi connectivity index (χ3v) is 6.36. The Kier molecular flexibility index (Phi) is 5.66. The van der Waals surface area contributed by atoms with Crippen molar-refractivity contribution >= 4 is 28.5 Å². The maximum atomic E-state index is 13.5. The number of amides is 2. The molecule has 2 aromatic carbocycles. The Morgan fingerprint density at radius 1 is 0.758 bits per heavy atom. The average molecular weight is 450 g/mol. The molecule has 8 heteroatoms. The van der Waals surface area contributed by atoms with Crippen LogP contribution in [0.2, 0.25) is 0 Å². The van der Waals surface area contributed by atoms with Crippen LogP contribution in [0.5, 0.6) is 0 Å². The monoisotopic (exact) mass is 450 g/mol. The summed E-state index contributed by atoms with van der Waals surface area (Å²) in [6.07, 6.45) is 2.15. The van der Waals surface area contributed by atoms with Crippen molar-refractivity contribution in [3.63, 3.8) is 0 Å². The maximum Gasteiger partial charge on any atom is 0.257 e. The zero-order chi connectivity index (χ0) is 22.9. The summed E-state index contributed by atoms with van der Waals surface area (Å²) in [5.74, 6) is -1.79. The molecule has 3 aromatic rings. The number of aromatic nitrogens is 1. The normalized spacial score (nSPS) is 16.5. The number of para-hydroxylation sites is 1. The van der Waals surface area contributed by atoms with Crippen molar-refractivity contribution in [2.45, 2.75) is 12.8 Å². The number of rotatable bonds is 3. The van der Waals surface area contributed by atoms with Crippen molar-refractivity contribution in [2.24, 2.45) is 0 Å². The Morgan fingerprint density at radius 3 is 2.12 bits per heavy atom. The average Bonchev–Trinajstić information content (AvgIpc) is 3.39. The Balaban J connectivity index is 1.35. The molecule has 33 heavy (non-hydrogen) atoms. The van der Waals surface area contributed by atoms with Gasteiger partial charge in [-0.3, -0.25) is 9.59 Å². The number of nitrogens with zero attached hydrogens (tertiary/aromatic N) is 4. The minimum Gasteiger partial charge on any atom is -0.356 e. The number of hydrogen-bond donors (Lipinski definition) is 0. The smallest absolute Gasteiger partial charge is 0.257 e. The van der Waals surface area contributed by atoms with Crippen molar-refractivity contribution in [2.75, 3.05) is 44.2 Å². The fraction of sp³-hybridized carbons (Fsp3) is 0.320. The van der Waals surface area contributed by atoms with Gasteiger partial charge in [-0.25, -0.2) is 13.8 Å². The molecule has 5 rings (SSSR count). The first kappa shape index (κ1) is 21.3. The third kappa shape index (κ3) is 4.13. The van der Waals surface area contributed by atoms with Gasteiger partial charge in [0.15, 0.2) is 11.6 Å². The predicted octanol–water partition coefficient (Wildman–Crippen LogP) is 3.71. The number of benzene rings is 2. The summed E-state index contributed by atoms with van der Waals surface area (Å²) in [5.41, 5.74) is 1.54. The minimum absolute atomic E-state index is 0.101. The van der Waals surface area contributed by atoms with Gasteiger partial charge in [-0.2, -0.15) is 0 Å². The molecule has 1 aromatic heterocycles. The van der Waals surface area contributed by atoms with Crippen LogP contribution in [0, 0.1) is 11.6 Å². The van der Waals surface area contributed by atoms with Crippen LogP contribution in [-0.2, 0) is 0 Å². The van der Waals surface area contributed by atoms with Gasteiger partial charge in [-0.15, -0.1) is 0 Å². The molecule has 2 aliphatic heterocycles. The zero-order valence-corrected chi connectivity index (χ0v) is 18.1. The first-order chi connectivity index (χ1) is 16.0. The first-order valence-corrected chi connectivity index (χ1v) is 11.2. The van der Waals surface area contributed by atoms with Crippen molar-refractivity contribution in [3.05, 3.63) is 71.3 Å². The molecule has 170 valence electrons. The van der Waals surface area contributed by atoms with Gasteiger partial charge in [0.25, 0.3) is 11.8 Å². The van der Waals surface area contributed by atoms with E-state index in [0.717, 1.165) is 54.8 Å². The molecular weight excluding hydrogens is 426 g/mol. The molecule has 0 N–H and O–H groups in total. The minimum atomic E-state index is -1.05. The highest BCUT2D eigenvalue weighted by Crippen LogP contribution is 2.28. The number of pyridine rings is 1. The Bertz CT molecular complexity index is 1220. The van der Waals surface area contributed by atoms with Gasteiger partial charge < -0.3 is 14.7 Å². The standard InChI is InChI=1S/C25H24F2N4O2/c26-20-8-7-18(16-21(20)27)24(32)30-11-13-31(14-12-30)25(33)19-15-17-5-1-2-6-22(17)28-23(19)29-9-3-4-10-29/h1-2,5-8,15-16H,3-4,9-14H2. The molecule has 2 fully saturated rings. The zero-order valence-electron chi connectivity index (χ0n) is 18.1. The number of fused-ring (bicyclic) bond motifs is 1. The molecule has 2 amide bonds. The molecule has 6 nitrogen and oxygen atoms in total. The summed E-state index contributed by atoms with van der Waals surface area (Å²) in [6.45, 7) is 3.12. The van der Waals surface area contributed by atoms with Crippen LogP contribution in [0.3, 0.4) is 0 Å². The lowest BCUT2D eigenvalue weighted by Crippen LogP contribution is -2.50. The summed E-state index contributed by atoms with van der Waals surface area (Å²) in [7, 11) is 0. The van der Waals surface area contributed by atoms with Crippen LogP contribution >= 0.6 is 0 Å². The molecule has 0 unspecified atom stereocenters. The largest absolute Gasteiger partial charge is 0.356 e. The van der Waals surface area contributed by atoms with E-state index in [2.05, 4.69) is 4.90 Å². The Hall–Kier alpha value is -3.55. The summed E-state index contributed by atoms with van der Waals surface area (Å²) >= 11 is 0. The quantitative estimate of drug-likeness (QED) is 0.611. The van der Waals surface area contributed by atoms with Crippen molar-refractivity contribution < 1.29 is 18.4 Å². The van der Waals surface area contributed by atoms with Crippen molar-refractivity contribution in [3.8, 4) is 0 Å². The summed E-state index contributed by atoms with van der Waals surface area (Å²) in [6, 6.07) is 12.8. The van der Waals surface area contributed by atoms with Gasteiger partial charge in [-0.1, -0.05) is 18.2 Å². The van der Waals surface area contributed by atoms with E-state index in [0.29, 0.717) is 31.7 Å². The molecule has 2 aliphatic rings. The molecule has 0 atom stereocenters. The second-order valence-corrected chi connectivity index (χ2v) is 8.46. The summed E-state index contributed by atoms with van der Waals surface area (Å²) in [4.78, 5) is 36.5. The lowest BCUT2D eigenvalue weighted by atomic mass is 10.1. The highest BCUT2D eigenvalue weighted by molar-refractivity contribution is 6.02. The van der Waals surface area contributed by atoms with E-state index in [4.69, 9.17) is 4.98 Å². The fourth-order valence-corrected chi connectivity index (χ4v) is 4.53. The van der Waals surface area contributed by atoms with Crippen LogP contribution < -0.4 is 4.90 Å². The fourth-order valence-electron chi connectivity index (χ4n) is 4.53. The van der Waals surface area contributed by atoms with E-state index < -0.39 is 11.6 Å². The molecule has 0 saturated carbocycles. The second-order valence-electron chi connectivity index (χ2n) is 8.46. The topological polar surface area (TPSA) is 56.8 Å². The van der Waals surface area contributed by atoms with Gasteiger partial charge in [0.05, 0.1) is 11.1 Å². The van der Waals surface area contributed by atoms with Crippen molar-refractivity contribution in [1.82, 2.24) is 14.8 Å². The molecule has 0 spiro atoms. The van der Waals surface area contributed by atoms with Gasteiger partial charge in [0.1, 0.15) is 5.82 Å². The molecular formula is C25H24F2N4O2. The van der Waals surface area contributed by atoms with Gasteiger partial charge >= 0.3 is 0 Å². The lowest BCUT2D eigenvalue weighted by molar-refractivity contribution is 0.0535. The van der Waals surface area contributed by atoms with E-state index in [1.54, 1.807) is 9.80 Å². The number of carbonyl (C=O) groups is 2. The van der Waals surface area contributed by atoms with E-state index >= 15 is 0 Å². The Labute approximate surface area is 190 Å². The van der Waals surface area contributed by atoms with E-state index in [9.17, 15) is 18.4 Å².